The summed E-state index contributed by atoms with van der Waals surface area (Å²) >= 11 is 0. The van der Waals surface area contributed by atoms with Crippen molar-refractivity contribution in [2.75, 3.05) is 0 Å². The molecule has 0 aliphatic carbocycles. The van der Waals surface area contributed by atoms with Crippen molar-refractivity contribution in [3.05, 3.63) is 23.3 Å². The average molecular weight is 190 g/mol. The fourth-order valence-corrected chi connectivity index (χ4v) is 1.97. The van der Waals surface area contributed by atoms with Crippen molar-refractivity contribution in [3.8, 4) is 0 Å². The monoisotopic (exact) mass is 190 g/mol. The maximum absolute atomic E-state index is 4.41. The van der Waals surface area contributed by atoms with Crippen molar-refractivity contribution in [2.45, 2.75) is 33.6 Å². The second kappa shape index (κ2) is 3.04. The normalized spacial score (nSPS) is 11.5. The number of hydrogen-bond acceptors (Lipinski definition) is 3. The third kappa shape index (κ3) is 1.18. The van der Waals surface area contributed by atoms with Crippen LogP contribution >= 0.6 is 0 Å². The average Bonchev–Trinajstić information content (AvgIpc) is 2.50. The van der Waals surface area contributed by atoms with E-state index in [1.165, 1.54) is 5.56 Å². The Morgan fingerprint density at radius 2 is 2.00 bits per heavy atom. The number of fused-ring (bicyclic) bond motifs is 1. The van der Waals surface area contributed by atoms with Crippen molar-refractivity contribution in [1.82, 2.24) is 19.6 Å². The van der Waals surface area contributed by atoms with Gasteiger partial charge in [0.2, 0.25) is 0 Å². The lowest BCUT2D eigenvalue weighted by atomic mass is 10.0. The van der Waals surface area contributed by atoms with E-state index in [9.17, 15) is 0 Å². The quantitative estimate of drug-likeness (QED) is 0.689. The van der Waals surface area contributed by atoms with Gasteiger partial charge in [0.05, 0.1) is 0 Å². The van der Waals surface area contributed by atoms with Crippen molar-refractivity contribution in [1.29, 1.82) is 0 Å². The molecular weight excluding hydrogens is 176 g/mol. The van der Waals surface area contributed by atoms with Gasteiger partial charge in [0, 0.05) is 11.4 Å². The fourth-order valence-electron chi connectivity index (χ4n) is 1.97. The van der Waals surface area contributed by atoms with Crippen LogP contribution in [0, 0.1) is 13.8 Å². The molecule has 0 atom stereocenters. The first-order valence-corrected chi connectivity index (χ1v) is 4.78. The Kier molecular flexibility index (Phi) is 1.98. The smallest absolute Gasteiger partial charge is 0.216 e. The van der Waals surface area contributed by atoms with Crippen molar-refractivity contribution in [2.24, 2.45) is 0 Å². The molecule has 4 nitrogen and oxygen atoms in total. The van der Waals surface area contributed by atoms with E-state index in [4.69, 9.17) is 0 Å². The molecule has 2 heterocycles. The molecule has 2 aromatic heterocycles. The first-order valence-electron chi connectivity index (χ1n) is 4.78. The molecule has 0 aliphatic heterocycles. The van der Waals surface area contributed by atoms with E-state index in [1.54, 1.807) is 10.8 Å². The summed E-state index contributed by atoms with van der Waals surface area (Å²) in [5.41, 5.74) is 3.46. The third-order valence-corrected chi connectivity index (χ3v) is 2.47. The van der Waals surface area contributed by atoms with E-state index in [2.05, 4.69) is 35.8 Å². The third-order valence-electron chi connectivity index (χ3n) is 2.47. The number of aromatic nitrogens is 4. The van der Waals surface area contributed by atoms with Gasteiger partial charge in [0.15, 0.2) is 0 Å². The van der Waals surface area contributed by atoms with E-state index in [1.807, 2.05) is 6.92 Å². The molecular formula is C10H14N4. The highest BCUT2D eigenvalue weighted by molar-refractivity contribution is 5.37. The summed E-state index contributed by atoms with van der Waals surface area (Å²) < 4.78 is 1.79. The number of aryl methyl sites for hydroxylation is 2. The highest BCUT2D eigenvalue weighted by atomic mass is 15.3. The topological polar surface area (TPSA) is 43.1 Å². The van der Waals surface area contributed by atoms with Crippen molar-refractivity contribution < 1.29 is 0 Å². The number of hydrogen-bond donors (Lipinski definition) is 0. The first kappa shape index (κ1) is 9.12. The Morgan fingerprint density at radius 3 is 2.64 bits per heavy atom. The van der Waals surface area contributed by atoms with E-state index in [-0.39, 0.29) is 0 Å². The zero-order valence-corrected chi connectivity index (χ0v) is 8.94. The Balaban J connectivity index is 2.82. The summed E-state index contributed by atoms with van der Waals surface area (Å²) in [4.78, 5) is 8.49. The maximum Gasteiger partial charge on any atom is 0.252 e. The Bertz CT molecular complexity index is 470. The van der Waals surface area contributed by atoms with Gasteiger partial charge >= 0.3 is 0 Å². The minimum Gasteiger partial charge on any atom is -0.216 e. The molecule has 0 fully saturated rings. The number of nitrogens with zero attached hydrogens (tertiary/aromatic N) is 4. The summed E-state index contributed by atoms with van der Waals surface area (Å²) in [6.45, 7) is 8.42. The lowest BCUT2D eigenvalue weighted by Gasteiger charge is -2.12. The second-order valence-corrected chi connectivity index (χ2v) is 3.82. The standard InChI is InChI=1S/C10H14N4/c1-6(2)9-7(3)13-10-11-5-12-14(10)8(9)4/h5-6H,1-4H3. The first-order chi connectivity index (χ1) is 6.61. The summed E-state index contributed by atoms with van der Waals surface area (Å²) in [6, 6.07) is 0. The van der Waals surface area contributed by atoms with Gasteiger partial charge in [-0.25, -0.2) is 9.50 Å². The molecule has 14 heavy (non-hydrogen) atoms. The summed E-state index contributed by atoms with van der Waals surface area (Å²) in [5, 5.41) is 4.15. The predicted octanol–water partition coefficient (Wildman–Crippen LogP) is 1.86. The molecule has 0 amide bonds. The van der Waals surface area contributed by atoms with Crippen molar-refractivity contribution >= 4 is 5.78 Å². The summed E-state index contributed by atoms with van der Waals surface area (Å²) in [7, 11) is 0. The molecule has 2 rings (SSSR count). The van der Waals surface area contributed by atoms with Gasteiger partial charge in [-0.05, 0) is 25.3 Å². The molecule has 0 aromatic carbocycles. The molecule has 0 bridgehead atoms. The Labute approximate surface area is 83.0 Å². The Morgan fingerprint density at radius 1 is 1.29 bits per heavy atom. The van der Waals surface area contributed by atoms with Crippen LogP contribution in [0.5, 0.6) is 0 Å². The summed E-state index contributed by atoms with van der Waals surface area (Å²) in [5.74, 6) is 1.15. The molecule has 4 heteroatoms. The number of rotatable bonds is 1. The molecule has 0 unspecified atom stereocenters. The van der Waals surface area contributed by atoms with Gasteiger partial charge in [-0.1, -0.05) is 13.8 Å². The molecule has 0 radical (unpaired) electrons. The van der Waals surface area contributed by atoms with Crippen LogP contribution in [0.25, 0.3) is 5.78 Å². The predicted molar refractivity (Wildman–Crippen MR) is 54.3 cm³/mol. The van der Waals surface area contributed by atoms with Gasteiger partial charge in [-0.15, -0.1) is 0 Å². The summed E-state index contributed by atoms with van der Waals surface area (Å²) in [6.07, 6.45) is 1.54. The molecule has 0 N–H and O–H groups in total. The molecule has 0 saturated carbocycles. The zero-order chi connectivity index (χ0) is 10.3. The van der Waals surface area contributed by atoms with Crippen LogP contribution in [0.2, 0.25) is 0 Å². The van der Waals surface area contributed by atoms with E-state index >= 15 is 0 Å². The van der Waals surface area contributed by atoms with Crippen molar-refractivity contribution in [3.63, 3.8) is 0 Å². The second-order valence-electron chi connectivity index (χ2n) is 3.82. The van der Waals surface area contributed by atoms with Crippen LogP contribution < -0.4 is 0 Å². The zero-order valence-electron chi connectivity index (χ0n) is 8.94. The van der Waals surface area contributed by atoms with Crippen LogP contribution in [-0.2, 0) is 0 Å². The van der Waals surface area contributed by atoms with Crippen LogP contribution in [0.4, 0.5) is 0 Å². The van der Waals surface area contributed by atoms with Gasteiger partial charge in [0.1, 0.15) is 6.33 Å². The Hall–Kier alpha value is -1.45. The highest BCUT2D eigenvalue weighted by Crippen LogP contribution is 2.21. The van der Waals surface area contributed by atoms with Crippen LogP contribution in [0.3, 0.4) is 0 Å². The van der Waals surface area contributed by atoms with E-state index < -0.39 is 0 Å². The molecule has 74 valence electrons. The minimum absolute atomic E-state index is 0.469. The van der Waals surface area contributed by atoms with Crippen LogP contribution in [0.1, 0.15) is 36.7 Å². The van der Waals surface area contributed by atoms with E-state index in [0.717, 1.165) is 11.4 Å². The molecule has 0 saturated heterocycles. The van der Waals surface area contributed by atoms with E-state index in [0.29, 0.717) is 11.7 Å². The molecule has 0 spiro atoms. The highest BCUT2D eigenvalue weighted by Gasteiger charge is 2.12. The SMILES string of the molecule is Cc1nc2ncnn2c(C)c1C(C)C. The van der Waals surface area contributed by atoms with Gasteiger partial charge < -0.3 is 0 Å². The van der Waals surface area contributed by atoms with Gasteiger partial charge in [0.25, 0.3) is 5.78 Å². The lowest BCUT2D eigenvalue weighted by Crippen LogP contribution is -2.06. The maximum atomic E-state index is 4.41. The largest absolute Gasteiger partial charge is 0.252 e. The molecule has 0 aliphatic rings. The van der Waals surface area contributed by atoms with Crippen LogP contribution in [-0.4, -0.2) is 19.6 Å². The van der Waals surface area contributed by atoms with Gasteiger partial charge in [-0.2, -0.15) is 10.1 Å². The lowest BCUT2D eigenvalue weighted by molar-refractivity contribution is 0.778. The minimum atomic E-state index is 0.469. The van der Waals surface area contributed by atoms with Gasteiger partial charge in [-0.3, -0.25) is 0 Å². The molecule has 2 aromatic rings. The van der Waals surface area contributed by atoms with Crippen LogP contribution in [0.15, 0.2) is 6.33 Å². The fraction of sp³-hybridized carbons (Fsp3) is 0.500.